The predicted molar refractivity (Wildman–Crippen MR) is 83.7 cm³/mol. The van der Waals surface area contributed by atoms with E-state index >= 15 is 0 Å². The molecule has 8 nitrogen and oxygen atoms in total. The van der Waals surface area contributed by atoms with Crippen molar-refractivity contribution in [1.82, 2.24) is 19.4 Å². The zero-order valence-corrected chi connectivity index (χ0v) is 13.5. The minimum absolute atomic E-state index is 0.0452. The zero-order chi connectivity index (χ0) is 16.6. The molecule has 3 rings (SSSR count). The SMILES string of the molecule is Cc1noc(C)c1S(=O)(=O)NCCn1c(=O)[nH]c2ccccc21. The van der Waals surface area contributed by atoms with Gasteiger partial charge in [0.25, 0.3) is 0 Å². The molecule has 0 bridgehead atoms. The van der Waals surface area contributed by atoms with E-state index < -0.39 is 10.0 Å². The Morgan fingerprint density at radius 3 is 2.74 bits per heavy atom. The Morgan fingerprint density at radius 2 is 2.04 bits per heavy atom. The number of nitrogens with zero attached hydrogens (tertiary/aromatic N) is 2. The summed E-state index contributed by atoms with van der Waals surface area (Å²) in [7, 11) is -3.73. The molecule has 0 radical (unpaired) electrons. The van der Waals surface area contributed by atoms with Crippen LogP contribution < -0.4 is 10.4 Å². The molecule has 2 N–H and O–H groups in total. The molecular weight excluding hydrogens is 320 g/mol. The molecule has 122 valence electrons. The lowest BCUT2D eigenvalue weighted by Gasteiger charge is -2.07. The number of fused-ring (bicyclic) bond motifs is 1. The van der Waals surface area contributed by atoms with E-state index in [0.29, 0.717) is 11.2 Å². The quantitative estimate of drug-likeness (QED) is 0.720. The molecule has 0 atom stereocenters. The highest BCUT2D eigenvalue weighted by molar-refractivity contribution is 7.89. The van der Waals surface area contributed by atoms with E-state index in [1.54, 1.807) is 26.0 Å². The van der Waals surface area contributed by atoms with E-state index in [4.69, 9.17) is 4.52 Å². The molecule has 0 fully saturated rings. The second-order valence-electron chi connectivity index (χ2n) is 5.15. The fourth-order valence-corrected chi connectivity index (χ4v) is 3.90. The van der Waals surface area contributed by atoms with Crippen molar-refractivity contribution in [2.75, 3.05) is 6.54 Å². The summed E-state index contributed by atoms with van der Waals surface area (Å²) in [4.78, 5) is 14.7. The maximum Gasteiger partial charge on any atom is 0.326 e. The Hall–Kier alpha value is -2.39. The molecule has 2 aromatic heterocycles. The normalized spacial score (nSPS) is 12.1. The number of aromatic amines is 1. The van der Waals surface area contributed by atoms with E-state index in [2.05, 4.69) is 14.9 Å². The van der Waals surface area contributed by atoms with Crippen LogP contribution in [0.15, 0.2) is 38.5 Å². The van der Waals surface area contributed by atoms with Gasteiger partial charge < -0.3 is 9.51 Å². The van der Waals surface area contributed by atoms with Gasteiger partial charge >= 0.3 is 5.69 Å². The maximum absolute atomic E-state index is 12.3. The minimum atomic E-state index is -3.73. The molecule has 0 aliphatic rings. The van der Waals surface area contributed by atoms with E-state index in [-0.39, 0.29) is 29.4 Å². The fourth-order valence-electron chi connectivity index (χ4n) is 2.55. The molecule has 2 heterocycles. The Morgan fingerprint density at radius 1 is 1.30 bits per heavy atom. The molecule has 0 unspecified atom stereocenters. The third kappa shape index (κ3) is 2.80. The Balaban J connectivity index is 1.79. The number of H-pyrrole nitrogens is 1. The first-order chi connectivity index (χ1) is 10.9. The molecule has 0 amide bonds. The Bertz CT molecular complexity index is 993. The number of hydrogen-bond donors (Lipinski definition) is 2. The molecule has 23 heavy (non-hydrogen) atoms. The second kappa shape index (κ2) is 5.67. The van der Waals surface area contributed by atoms with Gasteiger partial charge in [-0.15, -0.1) is 0 Å². The van der Waals surface area contributed by atoms with Crippen molar-refractivity contribution in [1.29, 1.82) is 0 Å². The fraction of sp³-hybridized carbons (Fsp3) is 0.286. The summed E-state index contributed by atoms with van der Waals surface area (Å²) in [6, 6.07) is 7.24. The molecule has 9 heteroatoms. The van der Waals surface area contributed by atoms with Crippen LogP contribution in [0.4, 0.5) is 0 Å². The molecule has 0 saturated heterocycles. The van der Waals surface area contributed by atoms with Crippen LogP contribution in [0.2, 0.25) is 0 Å². The molecule has 0 spiro atoms. The third-order valence-corrected chi connectivity index (χ3v) is 5.25. The van der Waals surface area contributed by atoms with Gasteiger partial charge in [-0.3, -0.25) is 4.57 Å². The number of para-hydroxylation sites is 2. The lowest BCUT2D eigenvalue weighted by Crippen LogP contribution is -2.30. The van der Waals surface area contributed by atoms with Crippen molar-refractivity contribution >= 4 is 21.1 Å². The first kappa shape index (κ1) is 15.5. The van der Waals surface area contributed by atoms with E-state index in [1.165, 1.54) is 4.57 Å². The van der Waals surface area contributed by atoms with Crippen molar-refractivity contribution < 1.29 is 12.9 Å². The van der Waals surface area contributed by atoms with E-state index in [9.17, 15) is 13.2 Å². The number of hydrogen-bond acceptors (Lipinski definition) is 5. The summed E-state index contributed by atoms with van der Waals surface area (Å²) in [5.74, 6) is 0.235. The van der Waals surface area contributed by atoms with Gasteiger partial charge in [0, 0.05) is 13.1 Å². The summed E-state index contributed by atoms with van der Waals surface area (Å²) in [6.45, 7) is 3.40. The van der Waals surface area contributed by atoms with Crippen molar-refractivity contribution in [2.24, 2.45) is 0 Å². The first-order valence-electron chi connectivity index (χ1n) is 7.00. The minimum Gasteiger partial charge on any atom is -0.360 e. The largest absolute Gasteiger partial charge is 0.360 e. The highest BCUT2D eigenvalue weighted by Gasteiger charge is 2.23. The summed E-state index contributed by atoms with van der Waals surface area (Å²) < 4.78 is 33.5. The molecule has 1 aromatic carbocycles. The molecule has 3 aromatic rings. The van der Waals surface area contributed by atoms with E-state index in [1.807, 2.05) is 12.1 Å². The molecular formula is C14H16N4O4S. The number of aromatic nitrogens is 3. The summed E-state index contributed by atoms with van der Waals surface area (Å²) in [6.07, 6.45) is 0. The van der Waals surface area contributed by atoms with Crippen LogP contribution in [-0.2, 0) is 16.6 Å². The number of imidazole rings is 1. The van der Waals surface area contributed by atoms with Gasteiger partial charge in [0.1, 0.15) is 10.6 Å². The highest BCUT2D eigenvalue weighted by atomic mass is 32.2. The standard InChI is InChI=1S/C14H16N4O4S/c1-9-13(10(2)22-17-9)23(20,21)15-7-8-18-12-6-4-3-5-11(12)16-14(18)19/h3-6,15H,7-8H2,1-2H3,(H,16,19). The first-order valence-corrected chi connectivity index (χ1v) is 8.48. The zero-order valence-electron chi connectivity index (χ0n) is 12.7. The number of rotatable bonds is 5. The Labute approximate surface area is 132 Å². The van der Waals surface area contributed by atoms with Crippen molar-refractivity contribution in [3.05, 3.63) is 46.2 Å². The van der Waals surface area contributed by atoms with Crippen molar-refractivity contribution in [3.8, 4) is 0 Å². The van der Waals surface area contributed by atoms with Crippen LogP contribution in [0.1, 0.15) is 11.5 Å². The number of sulfonamides is 1. The summed E-state index contributed by atoms with van der Waals surface area (Å²) in [5.41, 5.74) is 1.47. The monoisotopic (exact) mass is 336 g/mol. The third-order valence-electron chi connectivity index (χ3n) is 3.55. The van der Waals surface area contributed by atoms with Gasteiger partial charge in [-0.1, -0.05) is 17.3 Å². The van der Waals surface area contributed by atoms with Crippen LogP contribution >= 0.6 is 0 Å². The molecule has 0 aliphatic heterocycles. The molecule has 0 saturated carbocycles. The predicted octanol–water partition coefficient (Wildman–Crippen LogP) is 0.913. The van der Waals surface area contributed by atoms with Gasteiger partial charge in [0.2, 0.25) is 10.0 Å². The maximum atomic E-state index is 12.3. The second-order valence-corrected chi connectivity index (χ2v) is 6.85. The van der Waals surface area contributed by atoms with Crippen molar-refractivity contribution in [3.63, 3.8) is 0 Å². The average Bonchev–Trinajstić information content (AvgIpc) is 2.99. The smallest absolute Gasteiger partial charge is 0.326 e. The summed E-state index contributed by atoms with van der Waals surface area (Å²) >= 11 is 0. The van der Waals surface area contributed by atoms with E-state index in [0.717, 1.165) is 5.52 Å². The van der Waals surface area contributed by atoms with Crippen molar-refractivity contribution in [2.45, 2.75) is 25.3 Å². The van der Waals surface area contributed by atoms with Crippen LogP contribution in [0, 0.1) is 13.8 Å². The lowest BCUT2D eigenvalue weighted by molar-refractivity contribution is 0.390. The highest BCUT2D eigenvalue weighted by Crippen LogP contribution is 2.18. The van der Waals surface area contributed by atoms with Gasteiger partial charge in [-0.2, -0.15) is 0 Å². The van der Waals surface area contributed by atoms with Gasteiger partial charge in [-0.25, -0.2) is 17.9 Å². The Kier molecular flexibility index (Phi) is 3.82. The topological polar surface area (TPSA) is 110 Å². The summed E-state index contributed by atoms with van der Waals surface area (Å²) in [5, 5.41) is 3.64. The van der Waals surface area contributed by atoms with Crippen LogP contribution in [0.3, 0.4) is 0 Å². The lowest BCUT2D eigenvalue weighted by atomic mass is 10.3. The van der Waals surface area contributed by atoms with Crippen LogP contribution in [0.25, 0.3) is 11.0 Å². The van der Waals surface area contributed by atoms with Gasteiger partial charge in [-0.05, 0) is 26.0 Å². The van der Waals surface area contributed by atoms with Crippen LogP contribution in [-0.4, -0.2) is 29.7 Å². The number of aryl methyl sites for hydroxylation is 2. The van der Waals surface area contributed by atoms with Crippen LogP contribution in [0.5, 0.6) is 0 Å². The average molecular weight is 336 g/mol. The number of benzene rings is 1. The van der Waals surface area contributed by atoms with Gasteiger partial charge in [0.15, 0.2) is 5.76 Å². The molecule has 0 aliphatic carbocycles. The number of nitrogens with one attached hydrogen (secondary N) is 2. The van der Waals surface area contributed by atoms with Gasteiger partial charge in [0.05, 0.1) is 11.0 Å².